The Morgan fingerprint density at radius 3 is 2.80 bits per heavy atom. The molecule has 0 aliphatic carbocycles. The van der Waals surface area contributed by atoms with E-state index in [4.69, 9.17) is 10.1 Å². The molecule has 0 atom stereocenters. The van der Waals surface area contributed by atoms with Gasteiger partial charge in [0.05, 0.1) is 6.61 Å². The summed E-state index contributed by atoms with van der Waals surface area (Å²) in [6.45, 7) is 6.05. The first-order chi connectivity index (χ1) is 12.0. The summed E-state index contributed by atoms with van der Waals surface area (Å²) in [5.41, 5.74) is 2.86. The Bertz CT molecular complexity index is 917. The molecule has 2 aromatic heterocycles. The van der Waals surface area contributed by atoms with Gasteiger partial charge in [-0.3, -0.25) is 4.79 Å². The second-order valence-corrected chi connectivity index (χ2v) is 6.08. The summed E-state index contributed by atoms with van der Waals surface area (Å²) < 4.78 is 2.03. The van der Waals surface area contributed by atoms with E-state index >= 15 is 0 Å². The summed E-state index contributed by atoms with van der Waals surface area (Å²) in [4.78, 5) is 25.1. The molecular weight excluding hydrogens is 318 g/mol. The summed E-state index contributed by atoms with van der Waals surface area (Å²) in [5.74, 6) is 1.34. The van der Waals surface area contributed by atoms with E-state index in [1.165, 1.54) is 6.33 Å². The molecule has 130 valence electrons. The van der Waals surface area contributed by atoms with Crippen molar-refractivity contribution in [2.24, 2.45) is 0 Å². The highest BCUT2D eigenvalue weighted by Gasteiger charge is 2.19. The number of hydrogen-bond donors (Lipinski definition) is 2. The van der Waals surface area contributed by atoms with Crippen molar-refractivity contribution in [3.63, 3.8) is 0 Å². The molecule has 0 saturated carbocycles. The molecule has 0 amide bonds. The van der Waals surface area contributed by atoms with Crippen LogP contribution in [-0.4, -0.2) is 43.6 Å². The van der Waals surface area contributed by atoms with Gasteiger partial charge in [-0.2, -0.15) is 0 Å². The minimum absolute atomic E-state index is 0.00387. The lowest BCUT2D eigenvalue weighted by Gasteiger charge is -2.12. The maximum Gasteiger partial charge on any atom is 0.166 e. The van der Waals surface area contributed by atoms with Crippen LogP contribution in [0.25, 0.3) is 22.6 Å². The van der Waals surface area contributed by atoms with Crippen LogP contribution in [0.3, 0.4) is 0 Å². The van der Waals surface area contributed by atoms with Gasteiger partial charge in [0.15, 0.2) is 22.8 Å². The van der Waals surface area contributed by atoms with Crippen LogP contribution in [0.1, 0.15) is 37.2 Å². The number of Topliss-reactive ketones (excluding diaryl/α,β-unsaturated/α-hetero) is 1. The van der Waals surface area contributed by atoms with Crippen LogP contribution in [0.15, 0.2) is 30.6 Å². The number of rotatable bonds is 6. The van der Waals surface area contributed by atoms with Gasteiger partial charge in [-0.15, -0.1) is 0 Å². The number of imidazole rings is 1. The lowest BCUT2D eigenvalue weighted by Crippen LogP contribution is -2.08. The molecule has 2 heterocycles. The zero-order valence-corrected chi connectivity index (χ0v) is 14.5. The second-order valence-electron chi connectivity index (χ2n) is 6.08. The summed E-state index contributed by atoms with van der Waals surface area (Å²) >= 11 is 0. The highest BCUT2D eigenvalue weighted by molar-refractivity contribution is 5.95. The molecule has 0 fully saturated rings. The van der Waals surface area contributed by atoms with Gasteiger partial charge in [-0.25, -0.2) is 15.0 Å². The average Bonchev–Trinajstić information content (AvgIpc) is 3.00. The lowest BCUT2D eigenvalue weighted by atomic mass is 10.1. The van der Waals surface area contributed by atoms with Crippen LogP contribution in [0.5, 0.6) is 0 Å². The molecular formula is C18H21N5O2. The smallest absolute Gasteiger partial charge is 0.166 e. The standard InChI is InChI=1S/C18H21N5O2/c1-11(2)23-17(14-6-4-5-13(9-14)12(3)25)22-15-16(19-7-8-24)20-10-21-18(15)23/h4-6,9-11,24H,7-8H2,1-3H3,(H,19,20,21). The quantitative estimate of drug-likeness (QED) is 0.671. The number of carbonyl (C=O) groups is 1. The van der Waals surface area contributed by atoms with Crippen LogP contribution in [0.2, 0.25) is 0 Å². The number of aliphatic hydroxyl groups excluding tert-OH is 1. The van der Waals surface area contributed by atoms with Crippen molar-refractivity contribution in [3.05, 3.63) is 36.2 Å². The Labute approximate surface area is 145 Å². The number of nitrogens with one attached hydrogen (secondary N) is 1. The van der Waals surface area contributed by atoms with Crippen LogP contribution in [0.4, 0.5) is 5.82 Å². The molecule has 25 heavy (non-hydrogen) atoms. The van der Waals surface area contributed by atoms with Gasteiger partial charge in [0.1, 0.15) is 12.2 Å². The van der Waals surface area contributed by atoms with E-state index in [0.29, 0.717) is 29.1 Å². The molecule has 7 heteroatoms. The van der Waals surface area contributed by atoms with Crippen molar-refractivity contribution >= 4 is 22.8 Å². The van der Waals surface area contributed by atoms with Crippen LogP contribution < -0.4 is 5.32 Å². The predicted octanol–water partition coefficient (Wildman–Crippen LogP) is 2.68. The number of aromatic nitrogens is 4. The van der Waals surface area contributed by atoms with Crippen molar-refractivity contribution in [2.75, 3.05) is 18.5 Å². The van der Waals surface area contributed by atoms with Gasteiger partial charge in [-0.05, 0) is 26.8 Å². The van der Waals surface area contributed by atoms with E-state index in [1.807, 2.05) is 22.8 Å². The molecule has 0 aliphatic rings. The molecule has 1 aromatic carbocycles. The lowest BCUT2D eigenvalue weighted by molar-refractivity contribution is 0.101. The van der Waals surface area contributed by atoms with Gasteiger partial charge < -0.3 is 15.0 Å². The average molecular weight is 339 g/mol. The largest absolute Gasteiger partial charge is 0.395 e. The highest BCUT2D eigenvalue weighted by Crippen LogP contribution is 2.30. The predicted molar refractivity (Wildman–Crippen MR) is 96.7 cm³/mol. The summed E-state index contributed by atoms with van der Waals surface area (Å²) in [7, 11) is 0. The number of fused-ring (bicyclic) bond motifs is 1. The molecule has 0 radical (unpaired) electrons. The fourth-order valence-corrected chi connectivity index (χ4v) is 2.78. The first kappa shape index (κ1) is 17.0. The van der Waals surface area contributed by atoms with E-state index in [9.17, 15) is 4.79 Å². The third-order valence-corrected chi connectivity index (χ3v) is 3.92. The number of nitrogens with zero attached hydrogens (tertiary/aromatic N) is 4. The second kappa shape index (κ2) is 6.98. The minimum Gasteiger partial charge on any atom is -0.395 e. The third-order valence-electron chi connectivity index (χ3n) is 3.92. The maximum absolute atomic E-state index is 11.7. The van der Waals surface area contributed by atoms with E-state index < -0.39 is 0 Å². The topological polar surface area (TPSA) is 92.9 Å². The van der Waals surface area contributed by atoms with Gasteiger partial charge in [-0.1, -0.05) is 18.2 Å². The maximum atomic E-state index is 11.7. The number of ketones is 1. The van der Waals surface area contributed by atoms with E-state index in [-0.39, 0.29) is 18.4 Å². The Morgan fingerprint density at radius 1 is 1.32 bits per heavy atom. The SMILES string of the molecule is CC(=O)c1cccc(-c2nc3c(NCCO)ncnc3n2C(C)C)c1. The van der Waals surface area contributed by atoms with Crippen LogP contribution in [-0.2, 0) is 0 Å². The molecule has 3 aromatic rings. The zero-order valence-electron chi connectivity index (χ0n) is 14.5. The number of aliphatic hydroxyl groups is 1. The number of hydrogen-bond acceptors (Lipinski definition) is 6. The molecule has 0 saturated heterocycles. The highest BCUT2D eigenvalue weighted by atomic mass is 16.3. The molecule has 3 rings (SSSR count). The normalized spacial score (nSPS) is 11.2. The Hall–Kier alpha value is -2.80. The van der Waals surface area contributed by atoms with Gasteiger partial charge in [0.25, 0.3) is 0 Å². The van der Waals surface area contributed by atoms with E-state index in [2.05, 4.69) is 29.1 Å². The van der Waals surface area contributed by atoms with Gasteiger partial charge in [0.2, 0.25) is 0 Å². The van der Waals surface area contributed by atoms with E-state index in [1.54, 1.807) is 13.0 Å². The van der Waals surface area contributed by atoms with Gasteiger partial charge in [0, 0.05) is 23.7 Å². The van der Waals surface area contributed by atoms with Crippen molar-refractivity contribution in [3.8, 4) is 11.4 Å². The minimum atomic E-state index is 0.00387. The summed E-state index contributed by atoms with van der Waals surface area (Å²) in [6, 6.07) is 7.55. The summed E-state index contributed by atoms with van der Waals surface area (Å²) in [5, 5.41) is 12.1. The number of carbonyl (C=O) groups excluding carboxylic acids is 1. The van der Waals surface area contributed by atoms with Crippen molar-refractivity contribution in [1.82, 2.24) is 19.5 Å². The Balaban J connectivity index is 2.22. The van der Waals surface area contributed by atoms with Crippen molar-refractivity contribution in [1.29, 1.82) is 0 Å². The monoisotopic (exact) mass is 339 g/mol. The van der Waals surface area contributed by atoms with E-state index in [0.717, 1.165) is 11.4 Å². The molecule has 0 unspecified atom stereocenters. The van der Waals surface area contributed by atoms with Crippen molar-refractivity contribution < 1.29 is 9.90 Å². The van der Waals surface area contributed by atoms with Crippen molar-refractivity contribution in [2.45, 2.75) is 26.8 Å². The number of benzene rings is 1. The first-order valence-electron chi connectivity index (χ1n) is 8.22. The zero-order chi connectivity index (χ0) is 18.0. The fourth-order valence-electron chi connectivity index (χ4n) is 2.78. The molecule has 0 aliphatic heterocycles. The molecule has 2 N–H and O–H groups in total. The number of anilines is 1. The Kier molecular flexibility index (Phi) is 4.76. The first-order valence-corrected chi connectivity index (χ1v) is 8.22. The fraction of sp³-hybridized carbons (Fsp3) is 0.333. The third kappa shape index (κ3) is 3.23. The van der Waals surface area contributed by atoms with Crippen LogP contribution in [0, 0.1) is 0 Å². The van der Waals surface area contributed by atoms with Crippen LogP contribution >= 0.6 is 0 Å². The Morgan fingerprint density at radius 2 is 2.12 bits per heavy atom. The summed E-state index contributed by atoms with van der Waals surface area (Å²) in [6.07, 6.45) is 1.48. The molecule has 0 bridgehead atoms. The molecule has 0 spiro atoms. The molecule has 7 nitrogen and oxygen atoms in total. The van der Waals surface area contributed by atoms with Gasteiger partial charge >= 0.3 is 0 Å².